The number of nitrogens with one attached hydrogen (secondary N) is 9. The monoisotopic (exact) mass is 1380 g/mol. The first kappa shape index (κ1) is 89.2. The van der Waals surface area contributed by atoms with Gasteiger partial charge in [-0.15, -0.1) is 0 Å². The standard InChI is InChI=1S/C60H122N26O11/c61-28-8-1-18-38(68)48(87)78-44(25-15-35-75-58(69)70)53(92)81-39(19-2-9-29-62)49(88)79-41(21-4-11-31-64)51(90)84-45(26-16-36-76-59(71)72)54(93)82-40(20-3-10-30-63)50(89)80-42(22-5-12-32-65)52(91)85-46(27-17-37-77-60(73)74)55(94)83-43(23-6-13-33-66)56(95)86-47(57(96)97)24-7-14-34-67/h38-47H,1-37,61-68H2,(H,78,87)(H,79,88)(H,80,89)(H,81,92)(H,82,93)(H,83,94)(H,84,90)(H,85,91)(H,86,95)(H,96,97)(H4,69,70,75)(H4,71,72,76)(H4,73,74,77)/t38-,39-,40-,41-,42-,43-,44-,45-,46-,47-/m0/s1. The Hall–Kier alpha value is -7.81. The maximum atomic E-state index is 14.7. The normalized spacial score (nSPS) is 14.1. The number of aliphatic imine (C=N–C) groups is 3. The van der Waals surface area contributed by atoms with Gasteiger partial charge in [-0.1, -0.05) is 6.42 Å². The molecule has 10 atom stereocenters. The summed E-state index contributed by atoms with van der Waals surface area (Å²) < 4.78 is 0. The minimum absolute atomic E-state index is 0.00770. The van der Waals surface area contributed by atoms with Gasteiger partial charge in [0.05, 0.1) is 6.04 Å². The van der Waals surface area contributed by atoms with Crippen LogP contribution < -0.4 is 128 Å². The Morgan fingerprint density at radius 1 is 0.247 bits per heavy atom. The molecule has 0 radical (unpaired) electrons. The summed E-state index contributed by atoms with van der Waals surface area (Å²) in [4.78, 5) is 153. The number of nitrogens with zero attached hydrogens (tertiary/aromatic N) is 3. The molecule has 37 heteroatoms. The summed E-state index contributed by atoms with van der Waals surface area (Å²) in [7, 11) is 0. The van der Waals surface area contributed by atoms with Gasteiger partial charge in [0.2, 0.25) is 53.2 Å². The Labute approximate surface area is 570 Å². The number of hydrogen-bond donors (Lipinski definition) is 24. The van der Waals surface area contributed by atoms with Crippen LogP contribution in [0.1, 0.15) is 173 Å². The molecule has 38 N–H and O–H groups in total. The van der Waals surface area contributed by atoms with Gasteiger partial charge in [0.15, 0.2) is 17.9 Å². The highest BCUT2D eigenvalue weighted by Crippen LogP contribution is 2.14. The summed E-state index contributed by atoms with van der Waals surface area (Å²) in [6, 6.07) is -12.9. The third kappa shape index (κ3) is 42.5. The Morgan fingerprint density at radius 2 is 0.412 bits per heavy atom. The van der Waals surface area contributed by atoms with Crippen LogP contribution in [0.15, 0.2) is 15.0 Å². The van der Waals surface area contributed by atoms with Crippen molar-refractivity contribution < 1.29 is 53.1 Å². The number of rotatable bonds is 59. The van der Waals surface area contributed by atoms with Crippen LogP contribution in [0.4, 0.5) is 0 Å². The fourth-order valence-electron chi connectivity index (χ4n) is 9.97. The van der Waals surface area contributed by atoms with Gasteiger partial charge in [-0.25, -0.2) is 4.79 Å². The molecule has 0 unspecified atom stereocenters. The van der Waals surface area contributed by atoms with E-state index in [4.69, 9.17) is 80.3 Å². The van der Waals surface area contributed by atoms with Crippen LogP contribution in [0.5, 0.6) is 0 Å². The van der Waals surface area contributed by atoms with Gasteiger partial charge in [-0.05, 0) is 213 Å². The second-order valence-electron chi connectivity index (χ2n) is 23.8. The summed E-state index contributed by atoms with van der Waals surface area (Å²) >= 11 is 0. The number of aliphatic carboxylic acids is 1. The van der Waals surface area contributed by atoms with Crippen LogP contribution in [-0.4, -0.2) is 208 Å². The number of carbonyl (C=O) groups excluding carboxylic acids is 9. The van der Waals surface area contributed by atoms with Gasteiger partial charge in [0, 0.05) is 19.6 Å². The van der Waals surface area contributed by atoms with Crippen LogP contribution in [0.3, 0.4) is 0 Å². The zero-order valence-corrected chi connectivity index (χ0v) is 56.9. The maximum Gasteiger partial charge on any atom is 0.326 e. The van der Waals surface area contributed by atoms with Crippen molar-refractivity contribution in [3.63, 3.8) is 0 Å². The lowest BCUT2D eigenvalue weighted by Crippen LogP contribution is -2.60. The summed E-state index contributed by atoms with van der Waals surface area (Å²) in [6.45, 7) is 2.05. The molecule has 9 amide bonds. The van der Waals surface area contributed by atoms with Crippen LogP contribution >= 0.6 is 0 Å². The minimum Gasteiger partial charge on any atom is -0.480 e. The molecular formula is C60H122N26O11. The van der Waals surface area contributed by atoms with Crippen LogP contribution in [0.2, 0.25) is 0 Å². The van der Waals surface area contributed by atoms with E-state index in [9.17, 15) is 53.1 Å². The van der Waals surface area contributed by atoms with Crippen molar-refractivity contribution in [1.29, 1.82) is 0 Å². The number of guanidine groups is 3. The Bertz CT molecular complexity index is 2400. The zero-order chi connectivity index (χ0) is 72.9. The summed E-state index contributed by atoms with van der Waals surface area (Å²) in [6.07, 6.45) is 6.73. The zero-order valence-electron chi connectivity index (χ0n) is 56.9. The second-order valence-corrected chi connectivity index (χ2v) is 23.8. The molecule has 0 heterocycles. The van der Waals surface area contributed by atoms with Crippen molar-refractivity contribution in [2.75, 3.05) is 65.4 Å². The van der Waals surface area contributed by atoms with E-state index in [0.717, 1.165) is 0 Å². The topological polar surface area (TPSA) is 701 Å². The van der Waals surface area contributed by atoms with E-state index >= 15 is 0 Å². The highest BCUT2D eigenvalue weighted by atomic mass is 16.4. The lowest BCUT2D eigenvalue weighted by atomic mass is 10.0. The van der Waals surface area contributed by atoms with Gasteiger partial charge >= 0.3 is 5.97 Å². The van der Waals surface area contributed by atoms with Gasteiger partial charge in [0.25, 0.3) is 0 Å². The van der Waals surface area contributed by atoms with Crippen LogP contribution in [0, 0.1) is 0 Å². The Balaban J connectivity index is 7.41. The summed E-state index contributed by atoms with van der Waals surface area (Å²) in [5.74, 6) is -8.99. The highest BCUT2D eigenvalue weighted by Gasteiger charge is 2.36. The van der Waals surface area contributed by atoms with E-state index in [1.807, 2.05) is 0 Å². The molecule has 0 bridgehead atoms. The smallest absolute Gasteiger partial charge is 0.326 e. The first-order valence-electron chi connectivity index (χ1n) is 34.1. The molecule has 0 saturated carbocycles. The number of carboxylic acid groups (broad SMARTS) is 1. The minimum atomic E-state index is -1.42. The number of amides is 9. The van der Waals surface area contributed by atoms with Crippen molar-refractivity contribution in [2.24, 2.45) is 95.2 Å². The summed E-state index contributed by atoms with van der Waals surface area (Å²) in [5, 5.41) is 34.3. The first-order valence-corrected chi connectivity index (χ1v) is 34.1. The molecule has 0 aromatic carbocycles. The van der Waals surface area contributed by atoms with Crippen molar-refractivity contribution in [1.82, 2.24) is 47.9 Å². The van der Waals surface area contributed by atoms with Crippen LogP contribution in [-0.2, 0) is 47.9 Å². The molecular weight excluding hydrogens is 1260 g/mol. The van der Waals surface area contributed by atoms with Crippen molar-refractivity contribution >= 4 is 77.0 Å². The molecule has 0 rings (SSSR count). The Morgan fingerprint density at radius 3 is 0.598 bits per heavy atom. The van der Waals surface area contributed by atoms with E-state index in [-0.39, 0.29) is 147 Å². The largest absolute Gasteiger partial charge is 0.480 e. The molecule has 0 spiro atoms. The van der Waals surface area contributed by atoms with Crippen molar-refractivity contribution in [2.45, 2.75) is 234 Å². The quantitative estimate of drug-likeness (QED) is 0.0153. The Kier molecular flexibility index (Phi) is 50.8. The van der Waals surface area contributed by atoms with E-state index in [0.29, 0.717) is 109 Å². The van der Waals surface area contributed by atoms with E-state index in [1.54, 1.807) is 0 Å². The predicted octanol–water partition coefficient (Wildman–Crippen LogP) is -7.17. The number of carbonyl (C=O) groups is 10. The van der Waals surface area contributed by atoms with Crippen molar-refractivity contribution in [3.8, 4) is 0 Å². The fraction of sp³-hybridized carbons (Fsp3) is 0.783. The van der Waals surface area contributed by atoms with Crippen molar-refractivity contribution in [3.05, 3.63) is 0 Å². The third-order valence-electron chi connectivity index (χ3n) is 15.5. The number of unbranched alkanes of at least 4 members (excludes halogenated alkanes) is 7. The predicted molar refractivity (Wildman–Crippen MR) is 373 cm³/mol. The third-order valence-corrected chi connectivity index (χ3v) is 15.5. The van der Waals surface area contributed by atoms with Crippen LogP contribution in [0.25, 0.3) is 0 Å². The SMILES string of the molecule is NCCCC[C@H](NC(=O)[C@H](CCCCN)NC(=O)[C@H](CCCN=C(N)N)NC(=O)[C@H](CCCCN)NC(=O)[C@H](CCCCN)NC(=O)[C@H](CCCN=C(N)N)NC(=O)[C@H](CCCCN)NC(=O)[C@H](CCCCN)NC(=O)[C@H](CCCN=C(N)N)NC(=O)[C@@H](N)CCCCN)C(=O)O. The molecule has 0 aliphatic heterocycles. The fourth-order valence-corrected chi connectivity index (χ4v) is 9.97. The number of hydrogen-bond acceptors (Lipinski definition) is 21. The molecule has 37 nitrogen and oxygen atoms in total. The molecule has 0 aliphatic carbocycles. The lowest BCUT2D eigenvalue weighted by Gasteiger charge is -2.28. The first-order chi connectivity index (χ1) is 46.3. The van der Waals surface area contributed by atoms with Gasteiger partial charge in [-0.3, -0.25) is 58.1 Å². The van der Waals surface area contributed by atoms with Gasteiger partial charge in [-0.2, -0.15) is 0 Å². The molecule has 97 heavy (non-hydrogen) atoms. The van der Waals surface area contributed by atoms with E-state index < -0.39 is 120 Å². The molecule has 0 fully saturated rings. The molecule has 0 aromatic heterocycles. The second kappa shape index (κ2) is 55.2. The highest BCUT2D eigenvalue weighted by molar-refractivity contribution is 5.98. The number of carboxylic acids is 1. The van der Waals surface area contributed by atoms with E-state index in [2.05, 4.69) is 62.8 Å². The molecule has 558 valence electrons. The average molecular weight is 1380 g/mol. The molecule has 0 saturated heterocycles. The molecule has 0 aromatic rings. The lowest BCUT2D eigenvalue weighted by molar-refractivity contribution is -0.142. The maximum absolute atomic E-state index is 14.7. The molecule has 0 aliphatic rings. The van der Waals surface area contributed by atoms with Gasteiger partial charge in [0.1, 0.15) is 54.4 Å². The van der Waals surface area contributed by atoms with Gasteiger partial charge < -0.3 is 133 Å². The average Bonchev–Trinajstić information content (AvgIpc) is 0.985. The van der Waals surface area contributed by atoms with E-state index in [1.165, 1.54) is 0 Å². The summed E-state index contributed by atoms with van der Waals surface area (Å²) in [5.41, 5.74) is 80.0. The number of nitrogens with two attached hydrogens (primary N) is 14.